The third-order valence-electron chi connectivity index (χ3n) is 4.90. The van der Waals surface area contributed by atoms with Crippen LogP contribution in [0.3, 0.4) is 0 Å². The van der Waals surface area contributed by atoms with E-state index in [0.717, 1.165) is 28.6 Å². The third-order valence-corrected chi connectivity index (χ3v) is 4.90. The summed E-state index contributed by atoms with van der Waals surface area (Å²) in [5.74, 6) is 1.16. The zero-order valence-corrected chi connectivity index (χ0v) is 20.6. The van der Waals surface area contributed by atoms with Crippen molar-refractivity contribution in [2.75, 3.05) is 19.4 Å². The number of nitrogens with one attached hydrogen (secondary N) is 1. The Morgan fingerprint density at radius 2 is 1.85 bits per heavy atom. The summed E-state index contributed by atoms with van der Waals surface area (Å²) in [6, 6.07) is 3.60. The number of carbonyl (C=O) groups is 2. The first kappa shape index (κ1) is 24.2. The molecule has 1 aromatic carbocycles. The lowest BCUT2D eigenvalue weighted by atomic mass is 9.92. The Kier molecular flexibility index (Phi) is 6.71. The first-order valence-electron chi connectivity index (χ1n) is 10.9. The number of hydrogen-bond acceptors (Lipinski definition) is 6. The highest BCUT2D eigenvalue weighted by atomic mass is 16.6. The van der Waals surface area contributed by atoms with Crippen molar-refractivity contribution >= 4 is 28.9 Å². The topological polar surface area (TPSA) is 102 Å². The van der Waals surface area contributed by atoms with E-state index in [-0.39, 0.29) is 5.91 Å². The Hall–Kier alpha value is -3.49. The van der Waals surface area contributed by atoms with Crippen LogP contribution in [0.5, 0.6) is 0 Å². The quantitative estimate of drug-likeness (QED) is 0.617. The van der Waals surface area contributed by atoms with Gasteiger partial charge < -0.3 is 9.64 Å². The summed E-state index contributed by atoms with van der Waals surface area (Å²) in [5, 5.41) is 2.64. The van der Waals surface area contributed by atoms with Crippen molar-refractivity contribution in [3.05, 3.63) is 41.5 Å². The van der Waals surface area contributed by atoms with Gasteiger partial charge in [-0.1, -0.05) is 13.8 Å². The fourth-order valence-electron chi connectivity index (χ4n) is 3.63. The molecule has 0 aliphatic rings. The molecule has 3 rings (SSSR count). The molecule has 0 saturated heterocycles. The summed E-state index contributed by atoms with van der Waals surface area (Å²) in [6.45, 7) is 11.6. The first-order valence-corrected chi connectivity index (χ1v) is 10.9. The van der Waals surface area contributed by atoms with Gasteiger partial charge >= 0.3 is 6.09 Å². The highest BCUT2D eigenvalue weighted by Gasteiger charge is 2.23. The molecule has 1 N–H and O–H groups in total. The molecule has 3 aromatic rings. The Labute approximate surface area is 194 Å². The number of ether oxygens (including phenoxy) is 1. The summed E-state index contributed by atoms with van der Waals surface area (Å²) in [7, 11) is 3.51. The van der Waals surface area contributed by atoms with Crippen molar-refractivity contribution in [2.45, 2.75) is 53.6 Å². The Balaban J connectivity index is 2.08. The maximum atomic E-state index is 13.0. The van der Waals surface area contributed by atoms with Gasteiger partial charge in [-0.3, -0.25) is 14.7 Å². The van der Waals surface area contributed by atoms with Crippen molar-refractivity contribution < 1.29 is 14.3 Å². The van der Waals surface area contributed by atoms with Crippen molar-refractivity contribution in [2.24, 2.45) is 5.92 Å². The van der Waals surface area contributed by atoms with Gasteiger partial charge in [0.1, 0.15) is 29.9 Å². The highest BCUT2D eigenvalue weighted by molar-refractivity contribution is 6.01. The average Bonchev–Trinajstić information content (AvgIpc) is 3.09. The maximum absolute atomic E-state index is 13.0. The number of nitrogens with zero attached hydrogens (tertiary/aromatic N) is 5. The third kappa shape index (κ3) is 5.47. The number of aryl methyl sites for hydroxylation is 1. The molecule has 0 bridgehead atoms. The monoisotopic (exact) mass is 452 g/mol. The fraction of sp³-hybridized carbons (Fsp3) is 0.458. The number of carbonyl (C=O) groups excluding carboxylic acids is 2. The number of benzene rings is 1. The molecule has 0 fully saturated rings. The van der Waals surface area contributed by atoms with Gasteiger partial charge in [-0.05, 0) is 57.2 Å². The van der Waals surface area contributed by atoms with Crippen LogP contribution in [0.4, 0.5) is 10.6 Å². The smallest absolute Gasteiger partial charge is 0.413 e. The largest absolute Gasteiger partial charge is 0.444 e. The minimum atomic E-state index is -0.619. The van der Waals surface area contributed by atoms with Crippen LogP contribution in [0.15, 0.2) is 24.8 Å². The van der Waals surface area contributed by atoms with Gasteiger partial charge in [0.2, 0.25) is 0 Å². The molecule has 0 atom stereocenters. The summed E-state index contributed by atoms with van der Waals surface area (Å²) in [4.78, 5) is 39.8. The Morgan fingerprint density at radius 3 is 2.45 bits per heavy atom. The molecule has 0 saturated carbocycles. The number of rotatable bonds is 5. The molecule has 2 amide bonds. The molecule has 33 heavy (non-hydrogen) atoms. The van der Waals surface area contributed by atoms with Gasteiger partial charge in [-0.25, -0.2) is 19.7 Å². The van der Waals surface area contributed by atoms with Crippen LogP contribution in [0, 0.1) is 12.8 Å². The average molecular weight is 453 g/mol. The molecular formula is C24H32N6O3. The van der Waals surface area contributed by atoms with E-state index in [4.69, 9.17) is 4.74 Å². The fourth-order valence-corrected chi connectivity index (χ4v) is 3.63. The van der Waals surface area contributed by atoms with Crippen LogP contribution in [0.1, 0.15) is 56.1 Å². The molecule has 0 aliphatic carbocycles. The highest BCUT2D eigenvalue weighted by Crippen LogP contribution is 2.29. The van der Waals surface area contributed by atoms with Gasteiger partial charge in [0.15, 0.2) is 0 Å². The van der Waals surface area contributed by atoms with E-state index < -0.39 is 11.7 Å². The molecule has 0 radical (unpaired) electrons. The van der Waals surface area contributed by atoms with E-state index in [2.05, 4.69) is 34.1 Å². The van der Waals surface area contributed by atoms with Crippen LogP contribution in [0.25, 0.3) is 16.9 Å². The number of hydrogen-bond donors (Lipinski definition) is 1. The number of imidazole rings is 1. The first-order chi connectivity index (χ1) is 15.4. The lowest BCUT2D eigenvalue weighted by Gasteiger charge is -2.19. The number of fused-ring (bicyclic) bond motifs is 1. The molecule has 2 aromatic heterocycles. The molecule has 2 heterocycles. The molecule has 0 aliphatic heterocycles. The van der Waals surface area contributed by atoms with Crippen LogP contribution in [-0.2, 0) is 11.2 Å². The normalized spacial score (nSPS) is 11.7. The molecule has 9 heteroatoms. The van der Waals surface area contributed by atoms with Crippen LogP contribution in [0.2, 0.25) is 0 Å². The predicted molar refractivity (Wildman–Crippen MR) is 128 cm³/mol. The van der Waals surface area contributed by atoms with Gasteiger partial charge in [0.25, 0.3) is 5.91 Å². The van der Waals surface area contributed by atoms with Crippen molar-refractivity contribution in [1.82, 2.24) is 24.4 Å². The summed E-state index contributed by atoms with van der Waals surface area (Å²) in [5.41, 5.74) is 3.48. The second-order valence-corrected chi connectivity index (χ2v) is 9.72. The number of amides is 2. The molecular weight excluding hydrogens is 420 g/mol. The summed E-state index contributed by atoms with van der Waals surface area (Å²) in [6.07, 6.45) is 3.18. The minimum absolute atomic E-state index is 0.0366. The lowest BCUT2D eigenvalue weighted by Crippen LogP contribution is -2.27. The van der Waals surface area contributed by atoms with E-state index >= 15 is 0 Å². The molecule has 176 valence electrons. The standard InChI is InChI=1S/C24H32N6O3/c1-14(2)9-16-20(22(31)29(7)8)15(3)10-17-21(16)27-13-30(17)19-11-18(25-12-26-19)28-23(32)33-24(4,5)6/h10-14H,9H2,1-8H3,(H,25,26,28,32). The summed E-state index contributed by atoms with van der Waals surface area (Å²) >= 11 is 0. The molecule has 0 unspecified atom stereocenters. The van der Waals surface area contributed by atoms with Gasteiger partial charge in [-0.2, -0.15) is 0 Å². The SMILES string of the molecule is Cc1cc2c(ncn2-c2cc(NC(=O)OC(C)(C)C)ncn2)c(CC(C)C)c1C(=O)N(C)C. The molecule has 0 spiro atoms. The van der Waals surface area contributed by atoms with E-state index in [1.54, 1.807) is 52.2 Å². The van der Waals surface area contributed by atoms with Crippen molar-refractivity contribution in [1.29, 1.82) is 0 Å². The second-order valence-electron chi connectivity index (χ2n) is 9.72. The van der Waals surface area contributed by atoms with Crippen LogP contribution < -0.4 is 5.32 Å². The minimum Gasteiger partial charge on any atom is -0.444 e. The zero-order valence-electron chi connectivity index (χ0n) is 20.6. The summed E-state index contributed by atoms with van der Waals surface area (Å²) < 4.78 is 7.13. The Bertz CT molecular complexity index is 1190. The predicted octanol–water partition coefficient (Wildman–Crippen LogP) is 4.37. The van der Waals surface area contributed by atoms with E-state index in [1.807, 2.05) is 17.6 Å². The van der Waals surface area contributed by atoms with Gasteiger partial charge in [-0.15, -0.1) is 0 Å². The van der Waals surface area contributed by atoms with Crippen molar-refractivity contribution in [3.8, 4) is 5.82 Å². The maximum Gasteiger partial charge on any atom is 0.413 e. The molecule has 9 nitrogen and oxygen atoms in total. The van der Waals surface area contributed by atoms with Crippen molar-refractivity contribution in [3.63, 3.8) is 0 Å². The van der Waals surface area contributed by atoms with E-state index in [9.17, 15) is 9.59 Å². The van der Waals surface area contributed by atoms with E-state index in [0.29, 0.717) is 23.1 Å². The Morgan fingerprint density at radius 1 is 1.15 bits per heavy atom. The number of anilines is 1. The van der Waals surface area contributed by atoms with E-state index in [1.165, 1.54) is 6.33 Å². The lowest BCUT2D eigenvalue weighted by molar-refractivity contribution is 0.0635. The number of aromatic nitrogens is 4. The van der Waals surface area contributed by atoms with Gasteiger partial charge in [0.05, 0.1) is 11.0 Å². The van der Waals surface area contributed by atoms with Gasteiger partial charge in [0, 0.05) is 25.7 Å². The van der Waals surface area contributed by atoms with Crippen LogP contribution >= 0.6 is 0 Å². The van der Waals surface area contributed by atoms with Crippen LogP contribution in [-0.4, -0.2) is 56.1 Å². The second kappa shape index (κ2) is 9.17. The zero-order chi connectivity index (χ0) is 24.5.